The van der Waals surface area contributed by atoms with Crippen LogP contribution in [-0.4, -0.2) is 39.3 Å². The first-order chi connectivity index (χ1) is 15.5. The van der Waals surface area contributed by atoms with E-state index in [0.29, 0.717) is 5.82 Å². The number of hydrogen-bond acceptors (Lipinski definition) is 6. The summed E-state index contributed by atoms with van der Waals surface area (Å²) in [6, 6.07) is 11.2. The maximum atomic E-state index is 12.1. The number of nitrogens with one attached hydrogen (secondary N) is 2. The number of carboxylic acid groups (broad SMARTS) is 1. The largest absolute Gasteiger partial charge is 0.479 e. The Bertz CT molecular complexity index is 1070. The van der Waals surface area contributed by atoms with E-state index in [4.69, 9.17) is 4.74 Å². The second kappa shape index (κ2) is 10.6. The van der Waals surface area contributed by atoms with Crippen LogP contribution in [0.1, 0.15) is 38.7 Å². The molecule has 2 aromatic heterocycles. The Labute approximate surface area is 187 Å². The molecule has 0 unspecified atom stereocenters. The molecule has 168 valence electrons. The molecule has 0 saturated carbocycles. The van der Waals surface area contributed by atoms with Crippen molar-refractivity contribution in [1.82, 2.24) is 15.3 Å². The van der Waals surface area contributed by atoms with Crippen LogP contribution in [0.2, 0.25) is 0 Å². The van der Waals surface area contributed by atoms with Gasteiger partial charge in [0.25, 0.3) is 0 Å². The zero-order chi connectivity index (χ0) is 23.0. The topological polar surface area (TPSA) is 113 Å². The number of amides is 1. The number of benzene rings is 1. The van der Waals surface area contributed by atoms with E-state index in [1.54, 1.807) is 25.5 Å². The number of hydrogen-bond donors (Lipinski definition) is 3. The van der Waals surface area contributed by atoms with Crippen LogP contribution in [0.25, 0.3) is 10.8 Å². The molecule has 0 aliphatic carbocycles. The maximum Gasteiger partial charge on any atom is 0.408 e. The smallest absolute Gasteiger partial charge is 0.408 e. The number of carboxylic acids is 1. The lowest BCUT2D eigenvalue weighted by molar-refractivity contribution is -0.144. The number of rotatable bonds is 10. The van der Waals surface area contributed by atoms with Gasteiger partial charge in [0.2, 0.25) is 0 Å². The molecule has 32 heavy (non-hydrogen) atoms. The summed E-state index contributed by atoms with van der Waals surface area (Å²) in [4.78, 5) is 32.7. The molecule has 3 aromatic rings. The molecule has 0 aliphatic rings. The fourth-order valence-electron chi connectivity index (χ4n) is 3.38. The molecule has 8 heteroatoms. The van der Waals surface area contributed by atoms with Crippen LogP contribution in [0.5, 0.6) is 0 Å². The van der Waals surface area contributed by atoms with Crippen LogP contribution >= 0.6 is 0 Å². The first-order valence-corrected chi connectivity index (χ1v) is 10.7. The van der Waals surface area contributed by atoms with E-state index in [2.05, 4.69) is 20.6 Å². The molecule has 0 saturated heterocycles. The van der Waals surface area contributed by atoms with Crippen LogP contribution < -0.4 is 10.6 Å². The van der Waals surface area contributed by atoms with Crippen molar-refractivity contribution in [3.05, 3.63) is 60.6 Å². The molecule has 1 aromatic carbocycles. The summed E-state index contributed by atoms with van der Waals surface area (Å²) in [7, 11) is 0. The van der Waals surface area contributed by atoms with E-state index < -0.39 is 17.6 Å². The SMILES string of the molecule is CCCCOC(=O)N[C@@](CC)(Cc1ccc(Nc2nccc3ccncc23)cc1)C(=O)O. The number of ether oxygens (including phenoxy) is 1. The molecule has 1 amide bonds. The Hall–Kier alpha value is -3.68. The minimum Gasteiger partial charge on any atom is -0.479 e. The normalized spacial score (nSPS) is 12.7. The second-order valence-corrected chi connectivity index (χ2v) is 7.61. The van der Waals surface area contributed by atoms with E-state index in [-0.39, 0.29) is 19.4 Å². The van der Waals surface area contributed by atoms with Crippen molar-refractivity contribution in [2.75, 3.05) is 11.9 Å². The summed E-state index contributed by atoms with van der Waals surface area (Å²) in [6.07, 6.45) is 6.48. The van der Waals surface area contributed by atoms with Gasteiger partial charge in [0, 0.05) is 36.1 Å². The molecule has 0 spiro atoms. The number of pyridine rings is 2. The Kier molecular flexibility index (Phi) is 7.59. The van der Waals surface area contributed by atoms with Gasteiger partial charge in [-0.1, -0.05) is 32.4 Å². The lowest BCUT2D eigenvalue weighted by Crippen LogP contribution is -2.55. The van der Waals surface area contributed by atoms with E-state index in [1.807, 2.05) is 43.3 Å². The van der Waals surface area contributed by atoms with Crippen molar-refractivity contribution in [3.63, 3.8) is 0 Å². The Morgan fingerprint density at radius 2 is 1.84 bits per heavy atom. The highest BCUT2D eigenvalue weighted by Gasteiger charge is 2.39. The minimum absolute atomic E-state index is 0.137. The van der Waals surface area contributed by atoms with E-state index in [1.165, 1.54) is 0 Å². The predicted octanol–water partition coefficient (Wildman–Crippen LogP) is 4.68. The number of aromatic nitrogens is 2. The van der Waals surface area contributed by atoms with Crippen molar-refractivity contribution < 1.29 is 19.4 Å². The Balaban J connectivity index is 1.73. The van der Waals surface area contributed by atoms with Crippen LogP contribution in [-0.2, 0) is 16.0 Å². The number of unbranched alkanes of at least 4 members (excludes halogenated alkanes) is 1. The first kappa shape index (κ1) is 23.0. The first-order valence-electron chi connectivity index (χ1n) is 10.7. The zero-order valence-corrected chi connectivity index (χ0v) is 18.3. The lowest BCUT2D eigenvalue weighted by atomic mass is 9.88. The zero-order valence-electron chi connectivity index (χ0n) is 18.3. The highest BCUT2D eigenvalue weighted by atomic mass is 16.5. The molecule has 1 atom stereocenters. The predicted molar refractivity (Wildman–Crippen MR) is 123 cm³/mol. The average Bonchev–Trinajstić information content (AvgIpc) is 2.80. The van der Waals surface area contributed by atoms with E-state index in [9.17, 15) is 14.7 Å². The molecule has 0 aliphatic heterocycles. The fraction of sp³-hybridized carbons (Fsp3) is 0.333. The summed E-state index contributed by atoms with van der Waals surface area (Å²) in [6.45, 7) is 3.98. The van der Waals surface area contributed by atoms with Gasteiger partial charge in [-0.2, -0.15) is 0 Å². The van der Waals surface area contributed by atoms with Gasteiger partial charge in [0.1, 0.15) is 11.4 Å². The third-order valence-corrected chi connectivity index (χ3v) is 5.38. The standard InChI is InChI=1S/C24H28N4O4/c1-3-5-14-32-23(31)28-24(4-2,22(29)30)15-17-6-8-19(9-7-17)27-21-20-16-25-12-10-18(20)11-13-26-21/h6-13,16H,3-5,14-15H2,1-2H3,(H,26,27)(H,28,31)(H,29,30)/t24-/m0/s1. The molecular weight excluding hydrogens is 408 g/mol. The van der Waals surface area contributed by atoms with E-state index >= 15 is 0 Å². The van der Waals surface area contributed by atoms with Crippen LogP contribution in [0.3, 0.4) is 0 Å². The fourth-order valence-corrected chi connectivity index (χ4v) is 3.38. The van der Waals surface area contributed by atoms with Crippen molar-refractivity contribution in [1.29, 1.82) is 0 Å². The number of aliphatic carboxylic acids is 1. The highest BCUT2D eigenvalue weighted by molar-refractivity contribution is 5.92. The average molecular weight is 437 g/mol. The third kappa shape index (κ3) is 5.51. The summed E-state index contributed by atoms with van der Waals surface area (Å²) >= 11 is 0. The molecular formula is C24H28N4O4. The van der Waals surface area contributed by atoms with E-state index in [0.717, 1.165) is 34.9 Å². The summed E-state index contributed by atoms with van der Waals surface area (Å²) < 4.78 is 5.11. The van der Waals surface area contributed by atoms with Crippen molar-refractivity contribution in [2.24, 2.45) is 0 Å². The maximum absolute atomic E-state index is 12.1. The Morgan fingerprint density at radius 1 is 1.09 bits per heavy atom. The van der Waals surface area contributed by atoms with Crippen LogP contribution in [0, 0.1) is 0 Å². The second-order valence-electron chi connectivity index (χ2n) is 7.61. The molecule has 3 rings (SSSR count). The number of carbonyl (C=O) groups is 2. The van der Waals surface area contributed by atoms with Gasteiger partial charge in [-0.15, -0.1) is 0 Å². The van der Waals surface area contributed by atoms with Gasteiger partial charge >= 0.3 is 12.1 Å². The quantitative estimate of drug-likeness (QED) is 0.396. The lowest BCUT2D eigenvalue weighted by Gasteiger charge is -2.29. The number of nitrogens with zero attached hydrogens (tertiary/aromatic N) is 2. The summed E-state index contributed by atoms with van der Waals surface area (Å²) in [5, 5.41) is 17.6. The number of fused-ring (bicyclic) bond motifs is 1. The summed E-state index contributed by atoms with van der Waals surface area (Å²) in [5.74, 6) is -0.407. The molecule has 0 fully saturated rings. The molecule has 8 nitrogen and oxygen atoms in total. The highest BCUT2D eigenvalue weighted by Crippen LogP contribution is 2.25. The minimum atomic E-state index is -1.44. The van der Waals surface area contributed by atoms with Gasteiger partial charge in [0.15, 0.2) is 0 Å². The molecule has 0 radical (unpaired) electrons. The summed E-state index contributed by atoms with van der Waals surface area (Å²) in [5.41, 5.74) is 0.143. The van der Waals surface area contributed by atoms with Crippen molar-refractivity contribution in [3.8, 4) is 0 Å². The van der Waals surface area contributed by atoms with Gasteiger partial charge in [0.05, 0.1) is 6.61 Å². The van der Waals surface area contributed by atoms with Gasteiger partial charge in [-0.25, -0.2) is 14.6 Å². The van der Waals surface area contributed by atoms with Gasteiger partial charge in [-0.05, 0) is 48.1 Å². The monoisotopic (exact) mass is 436 g/mol. The molecule has 0 bridgehead atoms. The van der Waals surface area contributed by atoms with Crippen molar-refractivity contribution in [2.45, 2.75) is 45.1 Å². The molecule has 2 heterocycles. The van der Waals surface area contributed by atoms with Crippen molar-refractivity contribution >= 4 is 34.3 Å². The Morgan fingerprint density at radius 3 is 2.53 bits per heavy atom. The van der Waals surface area contributed by atoms with Gasteiger partial charge < -0.3 is 20.5 Å². The van der Waals surface area contributed by atoms with Crippen LogP contribution in [0.4, 0.5) is 16.3 Å². The molecule has 3 N–H and O–H groups in total. The number of alkyl carbamates (subject to hydrolysis) is 1. The third-order valence-electron chi connectivity index (χ3n) is 5.38. The van der Waals surface area contributed by atoms with Gasteiger partial charge in [-0.3, -0.25) is 4.98 Å². The van der Waals surface area contributed by atoms with Crippen LogP contribution in [0.15, 0.2) is 55.0 Å². The number of carbonyl (C=O) groups excluding carboxylic acids is 1. The number of anilines is 2.